The first-order valence-electron chi connectivity index (χ1n) is 7.87. The Hall–Kier alpha value is -2.73. The number of methoxy groups -OCH3 is 1. The number of rotatable bonds is 8. The summed E-state index contributed by atoms with van der Waals surface area (Å²) in [6, 6.07) is 11.7. The minimum absolute atomic E-state index is 0.602. The Labute approximate surface area is 140 Å². The van der Waals surface area contributed by atoms with Crippen LogP contribution in [0.2, 0.25) is 0 Å². The predicted octanol–water partition coefficient (Wildman–Crippen LogP) is 3.05. The molecule has 0 aliphatic heterocycles. The minimum atomic E-state index is 0.602. The van der Waals surface area contributed by atoms with Crippen LogP contribution in [0.25, 0.3) is 11.0 Å². The van der Waals surface area contributed by atoms with Crippen molar-refractivity contribution < 1.29 is 9.47 Å². The highest BCUT2D eigenvalue weighted by Crippen LogP contribution is 2.16. The number of hydrogen-bond donors (Lipinski definition) is 1. The summed E-state index contributed by atoms with van der Waals surface area (Å²) in [5, 5.41) is 4.24. The highest BCUT2D eigenvalue weighted by Gasteiger charge is 2.02. The largest absolute Gasteiger partial charge is 0.497 e. The van der Waals surface area contributed by atoms with Crippen molar-refractivity contribution in [3.8, 4) is 5.75 Å². The molecule has 2 heterocycles. The van der Waals surface area contributed by atoms with Gasteiger partial charge in [-0.2, -0.15) is 0 Å². The minimum Gasteiger partial charge on any atom is -0.497 e. The molecule has 0 bridgehead atoms. The first-order valence-corrected chi connectivity index (χ1v) is 7.87. The normalized spacial score (nSPS) is 10.7. The van der Waals surface area contributed by atoms with Gasteiger partial charge in [0.05, 0.1) is 19.1 Å². The molecule has 3 rings (SSSR count). The van der Waals surface area contributed by atoms with Crippen molar-refractivity contribution in [1.82, 2.24) is 15.0 Å². The SMILES string of the molecule is COc1ccc(COCCCNc2ncnc3ncccc23)cc1. The van der Waals surface area contributed by atoms with Crippen LogP contribution in [-0.2, 0) is 11.3 Å². The lowest BCUT2D eigenvalue weighted by Gasteiger charge is -2.08. The van der Waals surface area contributed by atoms with E-state index in [9.17, 15) is 0 Å². The quantitative estimate of drug-likeness (QED) is 0.642. The van der Waals surface area contributed by atoms with Crippen molar-refractivity contribution >= 4 is 16.9 Å². The van der Waals surface area contributed by atoms with Crippen molar-refractivity contribution in [2.24, 2.45) is 0 Å². The van der Waals surface area contributed by atoms with Crippen molar-refractivity contribution in [2.75, 3.05) is 25.6 Å². The van der Waals surface area contributed by atoms with Crippen molar-refractivity contribution in [3.05, 3.63) is 54.5 Å². The molecule has 1 aromatic carbocycles. The molecule has 0 radical (unpaired) electrons. The second-order valence-electron chi connectivity index (χ2n) is 5.28. The summed E-state index contributed by atoms with van der Waals surface area (Å²) >= 11 is 0. The van der Waals surface area contributed by atoms with Gasteiger partial charge >= 0.3 is 0 Å². The van der Waals surface area contributed by atoms with Crippen LogP contribution in [0.3, 0.4) is 0 Å². The van der Waals surface area contributed by atoms with Gasteiger partial charge in [0.2, 0.25) is 0 Å². The Morgan fingerprint density at radius 2 is 1.92 bits per heavy atom. The maximum Gasteiger partial charge on any atom is 0.164 e. The molecular formula is C18H20N4O2. The summed E-state index contributed by atoms with van der Waals surface area (Å²) in [5.41, 5.74) is 1.84. The first kappa shape index (κ1) is 16.1. The number of nitrogens with one attached hydrogen (secondary N) is 1. The maximum absolute atomic E-state index is 5.69. The highest BCUT2D eigenvalue weighted by atomic mass is 16.5. The van der Waals surface area contributed by atoms with Gasteiger partial charge in [0, 0.05) is 19.3 Å². The van der Waals surface area contributed by atoms with Crippen molar-refractivity contribution in [1.29, 1.82) is 0 Å². The molecule has 0 fully saturated rings. The molecule has 0 atom stereocenters. The van der Waals surface area contributed by atoms with E-state index in [1.165, 1.54) is 6.33 Å². The molecule has 6 nitrogen and oxygen atoms in total. The fourth-order valence-electron chi connectivity index (χ4n) is 2.33. The van der Waals surface area contributed by atoms with Crippen LogP contribution in [-0.4, -0.2) is 35.2 Å². The number of aromatic nitrogens is 3. The third kappa shape index (κ3) is 4.17. The Morgan fingerprint density at radius 1 is 1.04 bits per heavy atom. The van der Waals surface area contributed by atoms with E-state index in [1.807, 2.05) is 36.4 Å². The molecule has 0 spiro atoms. The fraction of sp³-hybridized carbons (Fsp3) is 0.278. The van der Waals surface area contributed by atoms with E-state index in [0.717, 1.165) is 35.5 Å². The van der Waals surface area contributed by atoms with Gasteiger partial charge < -0.3 is 14.8 Å². The number of fused-ring (bicyclic) bond motifs is 1. The van der Waals surface area contributed by atoms with Crippen LogP contribution in [0, 0.1) is 0 Å². The van der Waals surface area contributed by atoms with Crippen LogP contribution >= 0.6 is 0 Å². The lowest BCUT2D eigenvalue weighted by molar-refractivity contribution is 0.120. The van der Waals surface area contributed by atoms with Crippen LogP contribution in [0.15, 0.2) is 48.9 Å². The molecule has 1 N–H and O–H groups in total. The molecule has 0 saturated carbocycles. The maximum atomic E-state index is 5.69. The topological polar surface area (TPSA) is 69.2 Å². The third-order valence-corrected chi connectivity index (χ3v) is 3.59. The van der Waals surface area contributed by atoms with Gasteiger partial charge in [-0.15, -0.1) is 0 Å². The lowest BCUT2D eigenvalue weighted by Crippen LogP contribution is -2.07. The van der Waals surface area contributed by atoms with Gasteiger partial charge in [0.15, 0.2) is 5.65 Å². The van der Waals surface area contributed by atoms with Gasteiger partial charge in [-0.05, 0) is 36.2 Å². The average Bonchev–Trinajstić information content (AvgIpc) is 2.65. The van der Waals surface area contributed by atoms with E-state index in [0.29, 0.717) is 18.9 Å². The second-order valence-corrected chi connectivity index (χ2v) is 5.28. The van der Waals surface area contributed by atoms with E-state index in [2.05, 4.69) is 20.3 Å². The summed E-state index contributed by atoms with van der Waals surface area (Å²) in [5.74, 6) is 1.66. The van der Waals surface area contributed by atoms with E-state index < -0.39 is 0 Å². The molecular weight excluding hydrogens is 304 g/mol. The van der Waals surface area contributed by atoms with Crippen LogP contribution in [0.1, 0.15) is 12.0 Å². The van der Waals surface area contributed by atoms with Gasteiger partial charge in [-0.25, -0.2) is 15.0 Å². The Balaban J connectivity index is 1.40. The Kier molecular flexibility index (Phi) is 5.52. The molecule has 3 aromatic rings. The molecule has 6 heteroatoms. The van der Waals surface area contributed by atoms with Crippen molar-refractivity contribution in [3.63, 3.8) is 0 Å². The summed E-state index contributed by atoms with van der Waals surface area (Å²) in [7, 11) is 1.66. The second kappa shape index (κ2) is 8.21. The zero-order valence-electron chi connectivity index (χ0n) is 13.6. The Bertz CT molecular complexity index is 772. The number of benzene rings is 1. The summed E-state index contributed by atoms with van der Waals surface area (Å²) < 4.78 is 10.8. The zero-order chi connectivity index (χ0) is 16.6. The highest BCUT2D eigenvalue weighted by molar-refractivity contribution is 5.85. The predicted molar refractivity (Wildman–Crippen MR) is 93.1 cm³/mol. The molecule has 24 heavy (non-hydrogen) atoms. The monoisotopic (exact) mass is 324 g/mol. The molecule has 2 aromatic heterocycles. The van der Waals surface area contributed by atoms with Gasteiger partial charge in [-0.1, -0.05) is 12.1 Å². The Morgan fingerprint density at radius 3 is 2.75 bits per heavy atom. The number of hydrogen-bond acceptors (Lipinski definition) is 6. The molecule has 0 aliphatic rings. The van der Waals surface area contributed by atoms with E-state index in [4.69, 9.17) is 9.47 Å². The van der Waals surface area contributed by atoms with E-state index in [-0.39, 0.29) is 0 Å². The van der Waals surface area contributed by atoms with E-state index >= 15 is 0 Å². The standard InChI is InChI=1S/C18H20N4O2/c1-23-15-7-5-14(6-8-15)12-24-11-3-10-20-18-16-4-2-9-19-17(16)21-13-22-18/h2,4-9,13H,3,10-12H2,1H3,(H,19,20,21,22). The number of pyridine rings is 1. The number of nitrogens with zero attached hydrogens (tertiary/aromatic N) is 3. The van der Waals surface area contributed by atoms with Crippen molar-refractivity contribution in [2.45, 2.75) is 13.0 Å². The molecule has 0 unspecified atom stereocenters. The molecule has 0 amide bonds. The van der Waals surface area contributed by atoms with Crippen LogP contribution in [0.4, 0.5) is 5.82 Å². The fourth-order valence-corrected chi connectivity index (χ4v) is 2.33. The number of ether oxygens (including phenoxy) is 2. The zero-order valence-corrected chi connectivity index (χ0v) is 13.6. The molecule has 0 saturated heterocycles. The van der Waals surface area contributed by atoms with E-state index in [1.54, 1.807) is 13.3 Å². The van der Waals surface area contributed by atoms with Gasteiger partial charge in [-0.3, -0.25) is 0 Å². The van der Waals surface area contributed by atoms with Crippen LogP contribution in [0.5, 0.6) is 5.75 Å². The number of anilines is 1. The third-order valence-electron chi connectivity index (χ3n) is 3.59. The molecule has 0 aliphatic carbocycles. The van der Waals surface area contributed by atoms with Gasteiger partial charge in [0.25, 0.3) is 0 Å². The smallest absolute Gasteiger partial charge is 0.164 e. The summed E-state index contributed by atoms with van der Waals surface area (Å²) in [4.78, 5) is 12.6. The summed E-state index contributed by atoms with van der Waals surface area (Å²) in [6.45, 7) is 2.06. The van der Waals surface area contributed by atoms with Gasteiger partial charge in [0.1, 0.15) is 17.9 Å². The van der Waals surface area contributed by atoms with Crippen LogP contribution < -0.4 is 10.1 Å². The molecule has 124 valence electrons. The first-order chi connectivity index (χ1) is 11.9. The average molecular weight is 324 g/mol. The summed E-state index contributed by atoms with van der Waals surface area (Å²) in [6.07, 6.45) is 4.14. The lowest BCUT2D eigenvalue weighted by atomic mass is 10.2.